The van der Waals surface area contributed by atoms with Crippen LogP contribution in [0.3, 0.4) is 0 Å². The van der Waals surface area contributed by atoms with Crippen LogP contribution < -0.4 is 4.74 Å². The lowest BCUT2D eigenvalue weighted by Crippen LogP contribution is -2.12. The van der Waals surface area contributed by atoms with E-state index in [1.54, 1.807) is 12.1 Å². The molecule has 0 aromatic carbocycles. The van der Waals surface area contributed by atoms with Crippen molar-refractivity contribution in [3.05, 3.63) is 17.9 Å². The van der Waals surface area contributed by atoms with Gasteiger partial charge in [0.15, 0.2) is 0 Å². The number of hydrogen-bond acceptors (Lipinski definition) is 4. The van der Waals surface area contributed by atoms with Crippen LogP contribution in [0.1, 0.15) is 19.6 Å². The van der Waals surface area contributed by atoms with Crippen molar-refractivity contribution in [2.75, 3.05) is 13.2 Å². The van der Waals surface area contributed by atoms with Gasteiger partial charge in [-0.15, -0.1) is 0 Å². The van der Waals surface area contributed by atoms with Gasteiger partial charge in [0.25, 0.3) is 5.95 Å². The lowest BCUT2D eigenvalue weighted by molar-refractivity contribution is 0.167. The van der Waals surface area contributed by atoms with E-state index in [0.29, 0.717) is 11.7 Å². The molecule has 4 heteroatoms. The first-order valence-electron chi connectivity index (χ1n) is 4.60. The average Bonchev–Trinajstić information content (AvgIpc) is 2.63. The Bertz CT molecular complexity index is 367. The third-order valence-electron chi connectivity index (χ3n) is 1.90. The van der Waals surface area contributed by atoms with E-state index in [4.69, 9.17) is 19.4 Å². The number of aliphatic hydroxyl groups excluding tert-OH is 2. The summed E-state index contributed by atoms with van der Waals surface area (Å²) in [7, 11) is 0. The van der Waals surface area contributed by atoms with Crippen molar-refractivity contribution < 1.29 is 19.4 Å². The Morgan fingerprint density at radius 1 is 1.47 bits per heavy atom. The van der Waals surface area contributed by atoms with E-state index in [0.717, 1.165) is 0 Å². The molecule has 0 aliphatic rings. The van der Waals surface area contributed by atoms with Crippen molar-refractivity contribution in [2.24, 2.45) is 0 Å². The molecule has 1 aromatic heterocycles. The molecule has 1 aromatic rings. The Morgan fingerprint density at radius 2 is 2.20 bits per heavy atom. The van der Waals surface area contributed by atoms with Gasteiger partial charge in [0.2, 0.25) is 0 Å². The van der Waals surface area contributed by atoms with E-state index < -0.39 is 5.41 Å². The van der Waals surface area contributed by atoms with Crippen LogP contribution in [0.4, 0.5) is 0 Å². The van der Waals surface area contributed by atoms with Gasteiger partial charge in [0, 0.05) is 6.07 Å². The van der Waals surface area contributed by atoms with Gasteiger partial charge in [-0.3, -0.25) is 0 Å². The van der Waals surface area contributed by atoms with E-state index in [2.05, 4.69) is 5.92 Å². The lowest BCUT2D eigenvalue weighted by atomic mass is 9.92. The van der Waals surface area contributed by atoms with Crippen molar-refractivity contribution in [1.82, 2.24) is 0 Å². The Balaban J connectivity index is 2.77. The average molecular weight is 210 g/mol. The maximum Gasteiger partial charge on any atom is 0.284 e. The Labute approximate surface area is 88.5 Å². The van der Waals surface area contributed by atoms with Gasteiger partial charge >= 0.3 is 0 Å². The van der Waals surface area contributed by atoms with Crippen molar-refractivity contribution in [3.8, 4) is 18.0 Å². The predicted octanol–water partition coefficient (Wildman–Crippen LogP) is 1.26. The first kappa shape index (κ1) is 11.5. The molecule has 0 fully saturated rings. The molecule has 15 heavy (non-hydrogen) atoms. The van der Waals surface area contributed by atoms with Crippen LogP contribution in [0.2, 0.25) is 0 Å². The fourth-order valence-electron chi connectivity index (χ4n) is 1.08. The molecule has 4 nitrogen and oxygen atoms in total. The highest BCUT2D eigenvalue weighted by atomic mass is 16.6. The minimum absolute atomic E-state index is 0.0597. The van der Waals surface area contributed by atoms with Gasteiger partial charge in [-0.05, 0) is 25.8 Å². The first-order chi connectivity index (χ1) is 7.10. The summed E-state index contributed by atoms with van der Waals surface area (Å²) in [6, 6.07) is 3.39. The monoisotopic (exact) mass is 210 g/mol. The molecule has 0 aliphatic heterocycles. The molecule has 1 heterocycles. The van der Waals surface area contributed by atoms with E-state index in [1.807, 2.05) is 20.0 Å². The standard InChI is InChI=1S/C11H14O4/c1-11(2,5-6-12)9-3-4-10(15-9)14-8-7-13/h3-4,12-13H,7-8H2,1-2H3. The van der Waals surface area contributed by atoms with Gasteiger partial charge in [-0.25, -0.2) is 0 Å². The van der Waals surface area contributed by atoms with Crippen molar-refractivity contribution in [2.45, 2.75) is 19.3 Å². The Kier molecular flexibility index (Phi) is 3.64. The summed E-state index contributed by atoms with van der Waals surface area (Å²) in [4.78, 5) is 0. The molecule has 0 unspecified atom stereocenters. The number of aliphatic hydroxyl groups is 2. The second-order valence-electron chi connectivity index (χ2n) is 3.55. The minimum Gasteiger partial charge on any atom is -0.463 e. The maximum atomic E-state index is 8.56. The summed E-state index contributed by atoms with van der Waals surface area (Å²) in [5.41, 5.74) is -0.560. The van der Waals surface area contributed by atoms with Crippen LogP contribution in [0.5, 0.6) is 5.95 Å². The molecule has 1 rings (SSSR count). The molecule has 0 atom stereocenters. The second kappa shape index (κ2) is 4.76. The van der Waals surface area contributed by atoms with Crippen LogP contribution in [0.25, 0.3) is 0 Å². The van der Waals surface area contributed by atoms with Gasteiger partial charge < -0.3 is 19.4 Å². The molecule has 82 valence electrons. The summed E-state index contributed by atoms with van der Waals surface area (Å²) in [6.07, 6.45) is 1.87. The van der Waals surface area contributed by atoms with Crippen LogP contribution in [-0.2, 0) is 5.41 Å². The molecule has 0 radical (unpaired) electrons. The topological polar surface area (TPSA) is 62.8 Å². The number of furan rings is 1. The molecule has 2 N–H and O–H groups in total. The summed E-state index contributed by atoms with van der Waals surface area (Å²) in [5, 5.41) is 17.1. The van der Waals surface area contributed by atoms with Gasteiger partial charge in [0.1, 0.15) is 18.5 Å². The third kappa shape index (κ3) is 2.93. The highest BCUT2D eigenvalue weighted by Gasteiger charge is 2.22. The molecule has 0 aliphatic carbocycles. The zero-order valence-corrected chi connectivity index (χ0v) is 8.78. The molecular formula is C11H14O4. The summed E-state index contributed by atoms with van der Waals surface area (Å²) in [6.45, 7) is 3.78. The number of hydrogen-bond donors (Lipinski definition) is 2. The minimum atomic E-state index is -0.560. The third-order valence-corrected chi connectivity index (χ3v) is 1.90. The van der Waals surface area contributed by atoms with E-state index in [-0.39, 0.29) is 13.2 Å². The van der Waals surface area contributed by atoms with Crippen LogP contribution >= 0.6 is 0 Å². The molecule has 0 saturated carbocycles. The molecule has 0 bridgehead atoms. The number of ether oxygens (including phenoxy) is 1. The molecule has 0 amide bonds. The summed E-state index contributed by atoms with van der Waals surface area (Å²) in [5.74, 6) is 3.56. The quantitative estimate of drug-likeness (QED) is 0.734. The zero-order chi connectivity index (χ0) is 11.3. The molecular weight excluding hydrogens is 196 g/mol. The fraction of sp³-hybridized carbons (Fsp3) is 0.455. The van der Waals surface area contributed by atoms with E-state index in [9.17, 15) is 0 Å². The smallest absolute Gasteiger partial charge is 0.284 e. The first-order valence-corrected chi connectivity index (χ1v) is 4.60. The predicted molar refractivity (Wildman–Crippen MR) is 54.0 cm³/mol. The SMILES string of the molecule is CC(C)(C#CO)c1ccc(OCCO)o1. The van der Waals surface area contributed by atoms with Crippen molar-refractivity contribution in [1.29, 1.82) is 0 Å². The highest BCUT2D eigenvalue weighted by Crippen LogP contribution is 2.27. The van der Waals surface area contributed by atoms with Gasteiger partial charge in [-0.2, -0.15) is 0 Å². The van der Waals surface area contributed by atoms with Gasteiger partial charge in [0.05, 0.1) is 12.0 Å². The molecule has 0 spiro atoms. The van der Waals surface area contributed by atoms with E-state index >= 15 is 0 Å². The maximum absolute atomic E-state index is 8.56. The van der Waals surface area contributed by atoms with Crippen molar-refractivity contribution in [3.63, 3.8) is 0 Å². The summed E-state index contributed by atoms with van der Waals surface area (Å²) >= 11 is 0. The van der Waals surface area contributed by atoms with E-state index in [1.165, 1.54) is 0 Å². The van der Waals surface area contributed by atoms with Crippen LogP contribution in [0.15, 0.2) is 16.5 Å². The molecule has 0 saturated heterocycles. The fourth-order valence-corrected chi connectivity index (χ4v) is 1.08. The zero-order valence-electron chi connectivity index (χ0n) is 8.78. The van der Waals surface area contributed by atoms with Gasteiger partial charge in [-0.1, -0.05) is 0 Å². The Morgan fingerprint density at radius 3 is 2.80 bits per heavy atom. The van der Waals surface area contributed by atoms with Crippen molar-refractivity contribution >= 4 is 0 Å². The second-order valence-corrected chi connectivity index (χ2v) is 3.55. The normalized spacial score (nSPS) is 10.6. The summed E-state index contributed by atoms with van der Waals surface area (Å²) < 4.78 is 10.4. The highest BCUT2D eigenvalue weighted by molar-refractivity contribution is 5.27. The number of rotatable bonds is 4. The largest absolute Gasteiger partial charge is 0.463 e. The Hall–Kier alpha value is -1.60. The van der Waals surface area contributed by atoms with Crippen LogP contribution in [0, 0.1) is 12.0 Å². The lowest BCUT2D eigenvalue weighted by Gasteiger charge is -2.12. The van der Waals surface area contributed by atoms with Crippen LogP contribution in [-0.4, -0.2) is 23.4 Å².